The number of pyridine rings is 1. The minimum atomic E-state index is -0.499. The molecule has 1 aliphatic heterocycles. The molecule has 1 aliphatic rings. The van der Waals surface area contributed by atoms with Gasteiger partial charge in [0, 0.05) is 18.7 Å². The lowest BCUT2D eigenvalue weighted by molar-refractivity contribution is -0.0622. The molecule has 6 nitrogen and oxygen atoms in total. The number of ether oxygens (including phenoxy) is 1. The first-order chi connectivity index (χ1) is 11.3. The zero-order chi connectivity index (χ0) is 15.7. The summed E-state index contributed by atoms with van der Waals surface area (Å²) >= 11 is 0. The Morgan fingerprint density at radius 1 is 1.17 bits per heavy atom. The molecular weight excluding hydrogens is 292 g/mol. The van der Waals surface area contributed by atoms with Crippen molar-refractivity contribution >= 4 is 10.8 Å². The first kappa shape index (κ1) is 14.3. The fourth-order valence-corrected chi connectivity index (χ4v) is 3.14. The molecule has 0 atom stereocenters. The number of nitrogens with zero attached hydrogens (tertiary/aromatic N) is 3. The summed E-state index contributed by atoms with van der Waals surface area (Å²) in [4.78, 5) is 9.05. The van der Waals surface area contributed by atoms with E-state index < -0.39 is 5.60 Å². The summed E-state index contributed by atoms with van der Waals surface area (Å²) in [6.45, 7) is 1.75. The van der Waals surface area contributed by atoms with E-state index in [1.807, 2.05) is 30.3 Å². The highest BCUT2D eigenvalue weighted by Gasteiger charge is 2.39. The third-order valence-electron chi connectivity index (χ3n) is 4.50. The highest BCUT2D eigenvalue weighted by atomic mass is 16.5. The number of benzene rings is 1. The van der Waals surface area contributed by atoms with Gasteiger partial charge in [0.15, 0.2) is 0 Å². The van der Waals surface area contributed by atoms with Crippen molar-refractivity contribution in [2.75, 3.05) is 20.2 Å². The van der Waals surface area contributed by atoms with Crippen molar-refractivity contribution in [2.24, 2.45) is 0 Å². The zero-order valence-corrected chi connectivity index (χ0v) is 13.0. The molecule has 0 radical (unpaired) electrons. The molecule has 4 rings (SSSR count). The van der Waals surface area contributed by atoms with Crippen LogP contribution in [0.2, 0.25) is 0 Å². The number of nitrogens with one attached hydrogen (secondary N) is 1. The van der Waals surface area contributed by atoms with E-state index in [0.29, 0.717) is 11.7 Å². The Balaban J connectivity index is 1.78. The highest BCUT2D eigenvalue weighted by molar-refractivity contribution is 5.92. The molecule has 0 aliphatic carbocycles. The van der Waals surface area contributed by atoms with Crippen molar-refractivity contribution in [2.45, 2.75) is 18.4 Å². The van der Waals surface area contributed by atoms with Crippen molar-refractivity contribution in [1.29, 1.82) is 0 Å². The van der Waals surface area contributed by atoms with Crippen molar-refractivity contribution in [3.05, 3.63) is 42.4 Å². The van der Waals surface area contributed by atoms with Gasteiger partial charge in [-0.1, -0.05) is 29.4 Å². The molecule has 0 unspecified atom stereocenters. The van der Waals surface area contributed by atoms with Gasteiger partial charge in [0.1, 0.15) is 11.3 Å². The summed E-state index contributed by atoms with van der Waals surface area (Å²) < 4.78 is 11.3. The van der Waals surface area contributed by atoms with Gasteiger partial charge in [-0.3, -0.25) is 4.98 Å². The molecule has 1 aromatic carbocycles. The van der Waals surface area contributed by atoms with Gasteiger partial charge in [-0.15, -0.1) is 0 Å². The molecule has 2 aromatic heterocycles. The van der Waals surface area contributed by atoms with Crippen LogP contribution >= 0.6 is 0 Å². The molecule has 23 heavy (non-hydrogen) atoms. The van der Waals surface area contributed by atoms with Crippen LogP contribution in [-0.2, 0) is 10.3 Å². The normalized spacial score (nSPS) is 17.4. The molecule has 0 saturated carbocycles. The maximum absolute atomic E-state index is 5.74. The molecule has 3 heterocycles. The van der Waals surface area contributed by atoms with Gasteiger partial charge in [0.25, 0.3) is 5.89 Å². The van der Waals surface area contributed by atoms with Gasteiger partial charge in [0.2, 0.25) is 5.82 Å². The van der Waals surface area contributed by atoms with E-state index in [1.165, 1.54) is 0 Å². The van der Waals surface area contributed by atoms with Gasteiger partial charge in [0.05, 0.1) is 0 Å². The van der Waals surface area contributed by atoms with Crippen LogP contribution in [0.4, 0.5) is 0 Å². The Bertz CT molecular complexity index is 819. The van der Waals surface area contributed by atoms with E-state index in [9.17, 15) is 0 Å². The summed E-state index contributed by atoms with van der Waals surface area (Å²) in [6, 6.07) is 10.0. The monoisotopic (exact) mass is 310 g/mol. The number of methoxy groups -OCH3 is 1. The molecule has 1 fully saturated rings. The van der Waals surface area contributed by atoms with E-state index in [4.69, 9.17) is 9.26 Å². The Labute approximate surface area is 133 Å². The molecule has 118 valence electrons. The third kappa shape index (κ3) is 2.40. The van der Waals surface area contributed by atoms with Gasteiger partial charge in [-0.05, 0) is 37.4 Å². The molecule has 3 aromatic rings. The topological polar surface area (TPSA) is 73.1 Å². The van der Waals surface area contributed by atoms with Gasteiger partial charge < -0.3 is 14.6 Å². The van der Waals surface area contributed by atoms with Crippen molar-refractivity contribution in [3.63, 3.8) is 0 Å². The average Bonchev–Trinajstić information content (AvgIpc) is 3.12. The van der Waals surface area contributed by atoms with Crippen molar-refractivity contribution in [1.82, 2.24) is 20.4 Å². The minimum absolute atomic E-state index is 0.499. The lowest BCUT2D eigenvalue weighted by Crippen LogP contribution is -2.41. The van der Waals surface area contributed by atoms with Crippen LogP contribution in [0, 0.1) is 0 Å². The number of fused-ring (bicyclic) bond motifs is 1. The highest BCUT2D eigenvalue weighted by Crippen LogP contribution is 2.34. The molecule has 1 saturated heterocycles. The second-order valence-electron chi connectivity index (χ2n) is 5.75. The predicted molar refractivity (Wildman–Crippen MR) is 85.8 cm³/mol. The number of rotatable bonds is 3. The molecule has 0 spiro atoms. The average molecular weight is 310 g/mol. The summed E-state index contributed by atoms with van der Waals surface area (Å²) in [5, 5.41) is 9.60. The quantitative estimate of drug-likeness (QED) is 0.801. The van der Waals surface area contributed by atoms with Crippen molar-refractivity contribution < 1.29 is 9.26 Å². The number of aromatic nitrogens is 3. The molecular formula is C17H18N4O2. The fourth-order valence-electron chi connectivity index (χ4n) is 3.14. The van der Waals surface area contributed by atoms with Crippen molar-refractivity contribution in [3.8, 4) is 11.5 Å². The Kier molecular flexibility index (Phi) is 3.55. The van der Waals surface area contributed by atoms with Crippen LogP contribution in [0.15, 0.2) is 41.1 Å². The summed E-state index contributed by atoms with van der Waals surface area (Å²) in [5.74, 6) is 1.04. The maximum Gasteiger partial charge on any atom is 0.259 e. The summed E-state index contributed by atoms with van der Waals surface area (Å²) in [5.41, 5.74) is 0.236. The van der Waals surface area contributed by atoms with Crippen LogP contribution in [0.3, 0.4) is 0 Å². The van der Waals surface area contributed by atoms with E-state index in [0.717, 1.165) is 42.4 Å². The maximum atomic E-state index is 5.74. The smallest absolute Gasteiger partial charge is 0.259 e. The first-order valence-electron chi connectivity index (χ1n) is 7.77. The van der Waals surface area contributed by atoms with Gasteiger partial charge >= 0.3 is 0 Å². The molecule has 0 amide bonds. The molecule has 1 N–H and O–H groups in total. The van der Waals surface area contributed by atoms with Crippen LogP contribution in [0.25, 0.3) is 22.3 Å². The second kappa shape index (κ2) is 5.72. The Morgan fingerprint density at radius 3 is 2.83 bits per heavy atom. The van der Waals surface area contributed by atoms with Gasteiger partial charge in [-0.25, -0.2) is 0 Å². The molecule has 6 heteroatoms. The second-order valence-corrected chi connectivity index (χ2v) is 5.75. The summed E-state index contributed by atoms with van der Waals surface area (Å²) in [7, 11) is 1.70. The fraction of sp³-hybridized carbons (Fsp3) is 0.353. The minimum Gasteiger partial charge on any atom is -0.368 e. The number of piperidine rings is 1. The Hall–Kier alpha value is -2.31. The SMILES string of the molecule is COC1(c2nc(-c3nccc4ccccc34)no2)CCNCC1. The Morgan fingerprint density at radius 2 is 2.00 bits per heavy atom. The molecule has 0 bridgehead atoms. The number of hydrogen-bond acceptors (Lipinski definition) is 6. The van der Waals surface area contributed by atoms with Crippen LogP contribution < -0.4 is 5.32 Å². The van der Waals surface area contributed by atoms with Crippen LogP contribution in [-0.4, -0.2) is 35.3 Å². The lowest BCUT2D eigenvalue weighted by atomic mass is 9.92. The van der Waals surface area contributed by atoms with E-state index in [-0.39, 0.29) is 0 Å². The first-order valence-corrected chi connectivity index (χ1v) is 7.77. The van der Waals surface area contributed by atoms with Crippen LogP contribution in [0.1, 0.15) is 18.7 Å². The standard InChI is InChI=1S/C17H18N4O2/c1-22-17(7-10-18-11-8-17)16-20-15(21-23-16)14-13-5-3-2-4-12(13)6-9-19-14/h2-6,9,18H,7-8,10-11H2,1H3. The lowest BCUT2D eigenvalue weighted by Gasteiger charge is -2.32. The zero-order valence-electron chi connectivity index (χ0n) is 13.0. The van der Waals surface area contributed by atoms with E-state index >= 15 is 0 Å². The van der Waals surface area contributed by atoms with Crippen LogP contribution in [0.5, 0.6) is 0 Å². The predicted octanol–water partition coefficient (Wildman–Crippen LogP) is 2.51. The largest absolute Gasteiger partial charge is 0.368 e. The van der Waals surface area contributed by atoms with Gasteiger partial charge in [-0.2, -0.15) is 4.98 Å². The van der Waals surface area contributed by atoms with E-state index in [2.05, 4.69) is 20.4 Å². The number of hydrogen-bond donors (Lipinski definition) is 1. The van der Waals surface area contributed by atoms with E-state index in [1.54, 1.807) is 13.3 Å². The third-order valence-corrected chi connectivity index (χ3v) is 4.50. The summed E-state index contributed by atoms with van der Waals surface area (Å²) in [6.07, 6.45) is 3.40.